The number of aromatic nitrogens is 1. The Kier molecular flexibility index (Phi) is 3.62. The maximum atomic E-state index is 11.8. The normalized spacial score (nSPS) is 10.1. The van der Waals surface area contributed by atoms with Crippen LogP contribution in [0.4, 0.5) is 19.3 Å². The first-order chi connectivity index (χ1) is 6.99. The van der Waals surface area contributed by atoms with Gasteiger partial charge in [0.1, 0.15) is 5.02 Å². The molecule has 0 aliphatic carbocycles. The zero-order valence-electron chi connectivity index (χ0n) is 7.08. The number of carbonyl (C=O) groups is 1. The molecule has 8 heteroatoms. The van der Waals surface area contributed by atoms with Crippen molar-refractivity contribution >= 4 is 23.4 Å². The van der Waals surface area contributed by atoms with Crippen molar-refractivity contribution in [3.63, 3.8) is 0 Å². The number of rotatable bonds is 3. The van der Waals surface area contributed by atoms with E-state index in [0.29, 0.717) is 0 Å². The average Bonchev–Trinajstić information content (AvgIpc) is 2.08. The van der Waals surface area contributed by atoms with Gasteiger partial charge in [-0.15, -0.1) is 0 Å². The Morgan fingerprint density at radius 1 is 1.67 bits per heavy atom. The Morgan fingerprint density at radius 3 is 2.80 bits per heavy atom. The van der Waals surface area contributed by atoms with Crippen LogP contribution < -0.4 is 10.1 Å². The number of pyridine rings is 1. The fourth-order valence-corrected chi connectivity index (χ4v) is 0.999. The third-order valence-electron chi connectivity index (χ3n) is 1.26. The highest BCUT2D eigenvalue weighted by molar-refractivity contribution is 6.32. The van der Waals surface area contributed by atoms with Gasteiger partial charge in [0.2, 0.25) is 5.88 Å². The summed E-state index contributed by atoms with van der Waals surface area (Å²) in [7, 11) is 0. The van der Waals surface area contributed by atoms with Crippen LogP contribution in [0.25, 0.3) is 0 Å². The van der Waals surface area contributed by atoms with Crippen LogP contribution in [-0.4, -0.2) is 22.8 Å². The largest absolute Gasteiger partial charge is 0.465 e. The Bertz CT molecular complexity index is 375. The Morgan fingerprint density at radius 2 is 2.33 bits per heavy atom. The third kappa shape index (κ3) is 3.55. The smallest absolute Gasteiger partial charge is 0.409 e. The van der Waals surface area contributed by atoms with E-state index in [1.54, 1.807) is 0 Å². The van der Waals surface area contributed by atoms with E-state index in [9.17, 15) is 13.6 Å². The minimum Gasteiger partial charge on any atom is -0.465 e. The van der Waals surface area contributed by atoms with Crippen LogP contribution in [0.1, 0.15) is 0 Å². The van der Waals surface area contributed by atoms with Gasteiger partial charge in [0.25, 0.3) is 0 Å². The molecule has 0 spiro atoms. The first kappa shape index (κ1) is 11.4. The Labute approximate surface area is 87.6 Å². The van der Waals surface area contributed by atoms with Crippen molar-refractivity contribution in [2.75, 3.05) is 5.32 Å². The molecule has 0 saturated carbocycles. The molecule has 1 aromatic rings. The van der Waals surface area contributed by atoms with E-state index in [1.807, 2.05) is 5.32 Å². The number of hydrogen-bond acceptors (Lipinski definition) is 3. The molecule has 82 valence electrons. The summed E-state index contributed by atoms with van der Waals surface area (Å²) in [5.41, 5.74) is 0.0640. The SMILES string of the molecule is O=C(O)Nc1cnc(OC(F)F)c(Cl)c1. The van der Waals surface area contributed by atoms with Crippen molar-refractivity contribution in [2.24, 2.45) is 0 Å². The molecular weight excluding hydrogens is 234 g/mol. The summed E-state index contributed by atoms with van der Waals surface area (Å²) in [6.07, 6.45) is -0.298. The molecule has 0 saturated heterocycles. The minimum absolute atomic E-state index is 0.0640. The van der Waals surface area contributed by atoms with Crippen molar-refractivity contribution in [3.05, 3.63) is 17.3 Å². The van der Waals surface area contributed by atoms with Gasteiger partial charge in [-0.05, 0) is 6.07 Å². The number of amides is 1. The summed E-state index contributed by atoms with van der Waals surface area (Å²) >= 11 is 5.50. The number of nitrogens with one attached hydrogen (secondary N) is 1. The van der Waals surface area contributed by atoms with E-state index in [4.69, 9.17) is 16.7 Å². The van der Waals surface area contributed by atoms with Gasteiger partial charge < -0.3 is 9.84 Å². The van der Waals surface area contributed by atoms with Crippen LogP contribution in [0, 0.1) is 0 Å². The van der Waals surface area contributed by atoms with Gasteiger partial charge in [-0.3, -0.25) is 5.32 Å². The van der Waals surface area contributed by atoms with Crippen LogP contribution >= 0.6 is 11.6 Å². The summed E-state index contributed by atoms with van der Waals surface area (Å²) < 4.78 is 27.5. The molecule has 0 atom stereocenters. The van der Waals surface area contributed by atoms with Crippen LogP contribution in [0.5, 0.6) is 5.88 Å². The standard InChI is InChI=1S/C7H5ClF2N2O3/c8-4-1-3(12-7(13)14)2-11-5(4)15-6(9)10/h1-2,6,12H,(H,13,14). The van der Waals surface area contributed by atoms with Crippen molar-refractivity contribution in [3.8, 4) is 5.88 Å². The lowest BCUT2D eigenvalue weighted by Crippen LogP contribution is -2.08. The number of hydrogen-bond donors (Lipinski definition) is 2. The molecule has 1 aromatic heterocycles. The molecule has 0 aromatic carbocycles. The molecule has 2 N–H and O–H groups in total. The second-order valence-corrected chi connectivity index (χ2v) is 2.73. The minimum atomic E-state index is -3.03. The van der Waals surface area contributed by atoms with E-state index in [0.717, 1.165) is 12.3 Å². The van der Waals surface area contributed by atoms with Gasteiger partial charge in [-0.1, -0.05) is 11.6 Å². The lowest BCUT2D eigenvalue weighted by atomic mass is 10.4. The quantitative estimate of drug-likeness (QED) is 0.848. The second kappa shape index (κ2) is 4.74. The summed E-state index contributed by atoms with van der Waals surface area (Å²) in [6, 6.07) is 1.11. The van der Waals surface area contributed by atoms with Gasteiger partial charge >= 0.3 is 12.7 Å². The van der Waals surface area contributed by atoms with Gasteiger partial charge in [-0.25, -0.2) is 9.78 Å². The number of carboxylic acid groups (broad SMARTS) is 1. The number of alkyl halides is 2. The molecule has 0 radical (unpaired) electrons. The third-order valence-corrected chi connectivity index (χ3v) is 1.53. The molecule has 0 aliphatic rings. The topological polar surface area (TPSA) is 71.5 Å². The highest BCUT2D eigenvalue weighted by Gasteiger charge is 2.11. The van der Waals surface area contributed by atoms with Crippen LogP contribution in [0.2, 0.25) is 5.02 Å². The summed E-state index contributed by atoms with van der Waals surface area (Å²) in [5.74, 6) is -0.456. The molecule has 0 aliphatic heterocycles. The number of nitrogens with zero attached hydrogens (tertiary/aromatic N) is 1. The van der Waals surface area contributed by atoms with E-state index in [2.05, 4.69) is 9.72 Å². The van der Waals surface area contributed by atoms with E-state index < -0.39 is 18.6 Å². The van der Waals surface area contributed by atoms with E-state index in [-0.39, 0.29) is 10.7 Å². The Hall–Kier alpha value is -1.63. The van der Waals surface area contributed by atoms with Gasteiger partial charge in [0.15, 0.2) is 0 Å². The lowest BCUT2D eigenvalue weighted by molar-refractivity contribution is -0.0527. The monoisotopic (exact) mass is 238 g/mol. The number of ether oxygens (including phenoxy) is 1. The second-order valence-electron chi connectivity index (χ2n) is 2.32. The summed E-state index contributed by atoms with van der Waals surface area (Å²) in [6.45, 7) is -3.03. The predicted octanol–water partition coefficient (Wildman–Crippen LogP) is 2.43. The molecule has 0 fully saturated rings. The highest BCUT2D eigenvalue weighted by atomic mass is 35.5. The predicted molar refractivity (Wildman–Crippen MR) is 47.5 cm³/mol. The maximum Gasteiger partial charge on any atom is 0.409 e. The number of anilines is 1. The van der Waals surface area contributed by atoms with E-state index >= 15 is 0 Å². The molecule has 0 bridgehead atoms. The fourth-order valence-electron chi connectivity index (χ4n) is 0.788. The van der Waals surface area contributed by atoms with Gasteiger partial charge in [0.05, 0.1) is 11.9 Å². The summed E-state index contributed by atoms with van der Waals surface area (Å²) in [5, 5.41) is 10.1. The molecule has 1 amide bonds. The highest BCUT2D eigenvalue weighted by Crippen LogP contribution is 2.25. The van der Waals surface area contributed by atoms with Crippen LogP contribution in [0.3, 0.4) is 0 Å². The van der Waals surface area contributed by atoms with Crippen molar-refractivity contribution in [2.45, 2.75) is 6.61 Å². The van der Waals surface area contributed by atoms with E-state index in [1.165, 1.54) is 0 Å². The zero-order chi connectivity index (χ0) is 11.4. The molecule has 5 nitrogen and oxygen atoms in total. The number of halogens is 3. The molecule has 1 rings (SSSR count). The average molecular weight is 239 g/mol. The summed E-state index contributed by atoms with van der Waals surface area (Å²) in [4.78, 5) is 13.6. The van der Waals surface area contributed by atoms with Crippen molar-refractivity contribution in [1.82, 2.24) is 4.98 Å². The van der Waals surface area contributed by atoms with Crippen molar-refractivity contribution in [1.29, 1.82) is 0 Å². The Balaban J connectivity index is 2.83. The molecule has 0 unspecified atom stereocenters. The van der Waals surface area contributed by atoms with Crippen LogP contribution in [0.15, 0.2) is 12.3 Å². The lowest BCUT2D eigenvalue weighted by Gasteiger charge is -2.06. The molecule has 1 heterocycles. The van der Waals surface area contributed by atoms with Crippen molar-refractivity contribution < 1.29 is 23.4 Å². The fraction of sp³-hybridized carbons (Fsp3) is 0.143. The molecule has 15 heavy (non-hydrogen) atoms. The zero-order valence-corrected chi connectivity index (χ0v) is 7.83. The first-order valence-electron chi connectivity index (χ1n) is 3.59. The van der Waals surface area contributed by atoms with Gasteiger partial charge in [0, 0.05) is 0 Å². The maximum absolute atomic E-state index is 11.8. The van der Waals surface area contributed by atoms with Crippen LogP contribution in [-0.2, 0) is 0 Å². The molecular formula is C7H5ClF2N2O3. The van der Waals surface area contributed by atoms with Gasteiger partial charge in [-0.2, -0.15) is 8.78 Å². The first-order valence-corrected chi connectivity index (χ1v) is 3.97.